The first-order chi connectivity index (χ1) is 6.72. The van der Waals surface area contributed by atoms with Gasteiger partial charge in [0.05, 0.1) is 7.11 Å². The fraction of sp³-hybridized carbons (Fsp3) is 0.143. The number of nitrogens with one attached hydrogen (secondary N) is 1. The SMILES string of the molecule is COC(=O)C=CC(=O)Nc1nncs1. The summed E-state index contributed by atoms with van der Waals surface area (Å²) in [7, 11) is 1.23. The van der Waals surface area contributed by atoms with Gasteiger partial charge in [0.25, 0.3) is 0 Å². The van der Waals surface area contributed by atoms with E-state index in [1.54, 1.807) is 0 Å². The fourth-order valence-electron chi connectivity index (χ4n) is 0.586. The molecule has 0 fully saturated rings. The lowest BCUT2D eigenvalue weighted by Crippen LogP contribution is -2.08. The largest absolute Gasteiger partial charge is 0.466 e. The summed E-state index contributed by atoms with van der Waals surface area (Å²) < 4.78 is 4.30. The van der Waals surface area contributed by atoms with Crippen LogP contribution in [0.1, 0.15) is 0 Å². The summed E-state index contributed by atoms with van der Waals surface area (Å²) in [5.41, 5.74) is 1.49. The molecule has 7 heteroatoms. The summed E-state index contributed by atoms with van der Waals surface area (Å²) in [5, 5.41) is 9.91. The molecule has 0 atom stereocenters. The molecule has 1 aromatic rings. The molecule has 0 unspecified atom stereocenters. The highest BCUT2D eigenvalue weighted by Crippen LogP contribution is 2.07. The summed E-state index contributed by atoms with van der Waals surface area (Å²) in [5.74, 6) is -1.04. The number of hydrogen-bond donors (Lipinski definition) is 1. The minimum absolute atomic E-state index is 0.379. The van der Waals surface area contributed by atoms with E-state index in [0.717, 1.165) is 12.2 Å². The third kappa shape index (κ3) is 3.31. The number of rotatable bonds is 3. The molecule has 0 saturated carbocycles. The molecular weight excluding hydrogens is 206 g/mol. The second-order valence-corrected chi connectivity index (χ2v) is 2.92. The molecular formula is C7H7N3O3S. The lowest BCUT2D eigenvalue weighted by molar-refractivity contribution is -0.135. The van der Waals surface area contributed by atoms with E-state index in [0.29, 0.717) is 5.13 Å². The van der Waals surface area contributed by atoms with Crippen molar-refractivity contribution >= 4 is 28.3 Å². The quantitative estimate of drug-likeness (QED) is 0.573. The van der Waals surface area contributed by atoms with Crippen LogP contribution in [0.15, 0.2) is 17.7 Å². The zero-order valence-electron chi connectivity index (χ0n) is 7.26. The number of methoxy groups -OCH3 is 1. The molecule has 74 valence electrons. The van der Waals surface area contributed by atoms with E-state index in [4.69, 9.17) is 0 Å². The molecule has 0 aliphatic heterocycles. The highest BCUT2D eigenvalue weighted by Gasteiger charge is 2.01. The summed E-state index contributed by atoms with van der Waals surface area (Å²) in [6.07, 6.45) is 2.09. The standard InChI is InChI=1S/C7H7N3O3S/c1-13-6(12)3-2-5(11)9-7-10-8-4-14-7/h2-4H,1H3,(H,9,10,11). The van der Waals surface area contributed by atoms with Crippen molar-refractivity contribution in [2.45, 2.75) is 0 Å². The number of nitrogens with zero attached hydrogens (tertiary/aromatic N) is 2. The van der Waals surface area contributed by atoms with Crippen molar-refractivity contribution in [2.75, 3.05) is 12.4 Å². The van der Waals surface area contributed by atoms with Gasteiger partial charge in [-0.3, -0.25) is 10.1 Å². The number of hydrogen-bond acceptors (Lipinski definition) is 6. The van der Waals surface area contributed by atoms with Gasteiger partial charge >= 0.3 is 5.97 Å². The van der Waals surface area contributed by atoms with Gasteiger partial charge in [0, 0.05) is 12.2 Å². The Morgan fingerprint density at radius 2 is 2.36 bits per heavy atom. The van der Waals surface area contributed by atoms with Crippen LogP contribution in [0, 0.1) is 0 Å². The molecule has 0 radical (unpaired) electrons. The minimum Gasteiger partial charge on any atom is -0.466 e. The summed E-state index contributed by atoms with van der Waals surface area (Å²) in [6.45, 7) is 0. The predicted octanol–water partition coefficient (Wildman–Crippen LogP) is 0.206. The second kappa shape index (κ2) is 5.07. The molecule has 0 spiro atoms. The molecule has 6 nitrogen and oxygen atoms in total. The van der Waals surface area contributed by atoms with Gasteiger partial charge in [0.1, 0.15) is 5.51 Å². The zero-order valence-corrected chi connectivity index (χ0v) is 8.08. The van der Waals surface area contributed by atoms with Crippen LogP contribution in [0.2, 0.25) is 0 Å². The molecule has 0 aromatic carbocycles. The van der Waals surface area contributed by atoms with Crippen molar-refractivity contribution in [1.29, 1.82) is 0 Å². The summed E-state index contributed by atoms with van der Waals surface area (Å²) in [4.78, 5) is 21.7. The maximum atomic E-state index is 11.1. The van der Waals surface area contributed by atoms with Gasteiger partial charge in [-0.15, -0.1) is 10.2 Å². The molecule has 1 N–H and O–H groups in total. The lowest BCUT2D eigenvalue weighted by Gasteiger charge is -1.93. The van der Waals surface area contributed by atoms with Gasteiger partial charge in [-0.2, -0.15) is 0 Å². The van der Waals surface area contributed by atoms with Crippen molar-refractivity contribution in [3.63, 3.8) is 0 Å². The normalized spacial score (nSPS) is 10.1. The predicted molar refractivity (Wildman–Crippen MR) is 49.7 cm³/mol. The van der Waals surface area contributed by atoms with Crippen LogP contribution < -0.4 is 5.32 Å². The third-order valence-electron chi connectivity index (χ3n) is 1.16. The molecule has 0 saturated heterocycles. The first kappa shape index (κ1) is 10.3. The van der Waals surface area contributed by atoms with Crippen LogP contribution in [-0.2, 0) is 14.3 Å². The number of carbonyl (C=O) groups is 2. The number of esters is 1. The molecule has 1 amide bonds. The topological polar surface area (TPSA) is 81.2 Å². The second-order valence-electron chi connectivity index (χ2n) is 2.09. The van der Waals surface area contributed by atoms with Gasteiger partial charge < -0.3 is 4.74 Å². The van der Waals surface area contributed by atoms with Crippen LogP contribution in [0.25, 0.3) is 0 Å². The Balaban J connectivity index is 2.44. The lowest BCUT2D eigenvalue weighted by atomic mass is 10.5. The molecule has 1 rings (SSSR count). The van der Waals surface area contributed by atoms with E-state index >= 15 is 0 Å². The monoisotopic (exact) mass is 213 g/mol. The van der Waals surface area contributed by atoms with Crippen molar-refractivity contribution in [3.8, 4) is 0 Å². The van der Waals surface area contributed by atoms with Crippen molar-refractivity contribution in [3.05, 3.63) is 17.7 Å². The Hall–Kier alpha value is -1.76. The molecule has 0 bridgehead atoms. The summed E-state index contributed by atoms with van der Waals surface area (Å²) in [6, 6.07) is 0. The number of amides is 1. The van der Waals surface area contributed by atoms with Crippen LogP contribution in [-0.4, -0.2) is 29.2 Å². The van der Waals surface area contributed by atoms with E-state index in [1.165, 1.54) is 24.0 Å². The molecule has 1 heterocycles. The number of anilines is 1. The van der Waals surface area contributed by atoms with Gasteiger partial charge in [-0.05, 0) is 0 Å². The Morgan fingerprint density at radius 3 is 2.93 bits per heavy atom. The Kier molecular flexibility index (Phi) is 3.74. The maximum absolute atomic E-state index is 11.1. The van der Waals surface area contributed by atoms with Gasteiger partial charge in [-0.25, -0.2) is 4.79 Å². The van der Waals surface area contributed by atoms with E-state index in [9.17, 15) is 9.59 Å². The highest BCUT2D eigenvalue weighted by atomic mass is 32.1. The number of ether oxygens (including phenoxy) is 1. The number of aromatic nitrogens is 2. The van der Waals surface area contributed by atoms with Gasteiger partial charge in [0.2, 0.25) is 11.0 Å². The van der Waals surface area contributed by atoms with E-state index < -0.39 is 11.9 Å². The van der Waals surface area contributed by atoms with Gasteiger partial charge in [0.15, 0.2) is 0 Å². The van der Waals surface area contributed by atoms with Crippen LogP contribution in [0.3, 0.4) is 0 Å². The van der Waals surface area contributed by atoms with Crippen molar-refractivity contribution in [1.82, 2.24) is 10.2 Å². The average molecular weight is 213 g/mol. The highest BCUT2D eigenvalue weighted by molar-refractivity contribution is 7.13. The minimum atomic E-state index is -0.586. The van der Waals surface area contributed by atoms with Gasteiger partial charge in [-0.1, -0.05) is 11.3 Å². The van der Waals surface area contributed by atoms with Crippen LogP contribution in [0.4, 0.5) is 5.13 Å². The fourth-order valence-corrected chi connectivity index (χ4v) is 1.03. The third-order valence-corrected chi connectivity index (χ3v) is 1.77. The van der Waals surface area contributed by atoms with E-state index in [1.807, 2.05) is 0 Å². The zero-order chi connectivity index (χ0) is 10.4. The Labute approximate surface area is 83.6 Å². The Morgan fingerprint density at radius 1 is 1.57 bits per heavy atom. The van der Waals surface area contributed by atoms with Crippen LogP contribution in [0.5, 0.6) is 0 Å². The molecule has 0 aliphatic carbocycles. The van der Waals surface area contributed by atoms with Crippen molar-refractivity contribution < 1.29 is 14.3 Å². The molecule has 1 aromatic heterocycles. The Bertz CT molecular complexity index is 347. The van der Waals surface area contributed by atoms with Crippen molar-refractivity contribution in [2.24, 2.45) is 0 Å². The first-order valence-electron chi connectivity index (χ1n) is 3.55. The molecule has 14 heavy (non-hydrogen) atoms. The molecule has 0 aliphatic rings. The number of carbonyl (C=O) groups excluding carboxylic acids is 2. The average Bonchev–Trinajstić information content (AvgIpc) is 2.66. The smallest absolute Gasteiger partial charge is 0.330 e. The van der Waals surface area contributed by atoms with E-state index in [2.05, 4.69) is 20.3 Å². The first-order valence-corrected chi connectivity index (χ1v) is 4.43. The maximum Gasteiger partial charge on any atom is 0.330 e. The summed E-state index contributed by atoms with van der Waals surface area (Å²) >= 11 is 1.19. The van der Waals surface area contributed by atoms with E-state index in [-0.39, 0.29) is 0 Å². The van der Waals surface area contributed by atoms with Crippen LogP contribution >= 0.6 is 11.3 Å².